The monoisotopic (exact) mass is 212 g/mol. The minimum absolute atomic E-state index is 0.247. The Morgan fingerprint density at radius 1 is 1.50 bits per heavy atom. The van der Waals surface area contributed by atoms with Crippen LogP contribution in [0.25, 0.3) is 0 Å². The molecule has 0 saturated carbocycles. The van der Waals surface area contributed by atoms with Gasteiger partial charge in [-0.1, -0.05) is 23.7 Å². The van der Waals surface area contributed by atoms with Gasteiger partial charge in [-0.2, -0.15) is 0 Å². The van der Waals surface area contributed by atoms with Crippen LogP contribution in [-0.4, -0.2) is 12.6 Å². The van der Waals surface area contributed by atoms with E-state index >= 15 is 0 Å². The van der Waals surface area contributed by atoms with Crippen molar-refractivity contribution >= 4 is 17.6 Å². The zero-order valence-electron chi connectivity index (χ0n) is 8.34. The van der Waals surface area contributed by atoms with Gasteiger partial charge in [0.05, 0.1) is 6.61 Å². The molecule has 0 aromatic heterocycles. The second-order valence-corrected chi connectivity index (χ2v) is 3.58. The maximum absolute atomic E-state index is 10.5. The predicted molar refractivity (Wildman–Crippen MR) is 56.5 cm³/mol. The lowest BCUT2D eigenvalue weighted by Gasteiger charge is -2.04. The lowest BCUT2D eigenvalue weighted by Crippen LogP contribution is -2.03. The summed E-state index contributed by atoms with van der Waals surface area (Å²) in [4.78, 5) is 10.5. The molecule has 0 unspecified atom stereocenters. The average Bonchev–Trinajstić information content (AvgIpc) is 2.10. The summed E-state index contributed by atoms with van der Waals surface area (Å²) in [6.45, 7) is 3.77. The number of benzene rings is 1. The number of rotatable bonds is 3. The van der Waals surface area contributed by atoms with Crippen molar-refractivity contribution in [2.45, 2.75) is 20.3 Å². The fourth-order valence-corrected chi connectivity index (χ4v) is 1.31. The number of halogens is 1. The molecule has 14 heavy (non-hydrogen) atoms. The number of carbonyl (C=O) groups excluding carboxylic acids is 1. The lowest BCUT2D eigenvalue weighted by molar-refractivity contribution is -0.140. The molecule has 1 aromatic carbocycles. The molecule has 0 aliphatic rings. The van der Waals surface area contributed by atoms with Crippen LogP contribution in [0.1, 0.15) is 18.1 Å². The molecule has 76 valence electrons. The Morgan fingerprint density at radius 2 is 2.21 bits per heavy atom. The van der Waals surface area contributed by atoms with Gasteiger partial charge in [-0.3, -0.25) is 4.79 Å². The van der Waals surface area contributed by atoms with Crippen molar-refractivity contribution in [3.63, 3.8) is 0 Å². The number of carbonyl (C=O) groups is 1. The third-order valence-electron chi connectivity index (χ3n) is 1.93. The average molecular weight is 213 g/mol. The molecule has 0 N–H and O–H groups in total. The zero-order chi connectivity index (χ0) is 10.6. The van der Waals surface area contributed by atoms with Gasteiger partial charge in [-0.05, 0) is 24.1 Å². The number of hydrogen-bond acceptors (Lipinski definition) is 2. The van der Waals surface area contributed by atoms with Crippen LogP contribution in [-0.2, 0) is 16.0 Å². The second kappa shape index (κ2) is 5.01. The number of esters is 1. The molecular formula is C11H13ClO2. The first-order valence-electron chi connectivity index (χ1n) is 4.48. The van der Waals surface area contributed by atoms with E-state index in [4.69, 9.17) is 16.3 Å². The van der Waals surface area contributed by atoms with Gasteiger partial charge in [-0.25, -0.2) is 0 Å². The molecule has 0 fully saturated rings. The van der Waals surface area contributed by atoms with E-state index < -0.39 is 0 Å². The standard InChI is InChI=1S/C11H13ClO2/c1-8-3-4-10(7-11(8)12)5-6-14-9(2)13/h3-4,7H,5-6H2,1-2H3. The summed E-state index contributed by atoms with van der Waals surface area (Å²) in [5, 5.41) is 0.755. The topological polar surface area (TPSA) is 26.3 Å². The second-order valence-electron chi connectivity index (χ2n) is 3.17. The molecule has 0 amide bonds. The van der Waals surface area contributed by atoms with Gasteiger partial charge >= 0.3 is 5.97 Å². The largest absolute Gasteiger partial charge is 0.466 e. The molecule has 0 radical (unpaired) electrons. The molecule has 2 nitrogen and oxygen atoms in total. The van der Waals surface area contributed by atoms with Crippen molar-refractivity contribution in [1.29, 1.82) is 0 Å². The van der Waals surface area contributed by atoms with Gasteiger partial charge < -0.3 is 4.74 Å². The summed E-state index contributed by atoms with van der Waals surface area (Å²) in [7, 11) is 0. The third-order valence-corrected chi connectivity index (χ3v) is 2.34. The van der Waals surface area contributed by atoms with Crippen LogP contribution >= 0.6 is 11.6 Å². The molecule has 0 atom stereocenters. The van der Waals surface area contributed by atoms with E-state index in [-0.39, 0.29) is 5.97 Å². The van der Waals surface area contributed by atoms with Gasteiger partial charge in [0.1, 0.15) is 0 Å². The third kappa shape index (κ3) is 3.38. The maximum Gasteiger partial charge on any atom is 0.302 e. The normalized spacial score (nSPS) is 9.93. The summed E-state index contributed by atoms with van der Waals surface area (Å²) in [5.41, 5.74) is 2.14. The van der Waals surface area contributed by atoms with Crippen LogP contribution in [0.3, 0.4) is 0 Å². The zero-order valence-corrected chi connectivity index (χ0v) is 9.10. The predicted octanol–water partition coefficient (Wildman–Crippen LogP) is 2.75. The molecule has 0 aliphatic heterocycles. The Morgan fingerprint density at radius 3 is 2.79 bits per heavy atom. The number of aryl methyl sites for hydroxylation is 1. The fourth-order valence-electron chi connectivity index (χ4n) is 1.10. The van der Waals surface area contributed by atoms with E-state index in [2.05, 4.69) is 0 Å². The summed E-state index contributed by atoms with van der Waals surface area (Å²) in [5.74, 6) is -0.247. The van der Waals surface area contributed by atoms with Crippen molar-refractivity contribution in [2.24, 2.45) is 0 Å². The van der Waals surface area contributed by atoms with E-state index in [1.165, 1.54) is 6.92 Å². The molecule has 3 heteroatoms. The summed E-state index contributed by atoms with van der Waals surface area (Å²) in [6.07, 6.45) is 0.708. The van der Waals surface area contributed by atoms with Crippen LogP contribution < -0.4 is 0 Å². The van der Waals surface area contributed by atoms with Crippen LogP contribution in [0.2, 0.25) is 5.02 Å². The van der Waals surface area contributed by atoms with Gasteiger partial charge in [0.25, 0.3) is 0 Å². The number of hydrogen-bond donors (Lipinski definition) is 0. The molecule has 0 heterocycles. The highest BCUT2D eigenvalue weighted by Crippen LogP contribution is 2.16. The van der Waals surface area contributed by atoms with Crippen molar-refractivity contribution in [3.05, 3.63) is 34.3 Å². The molecular weight excluding hydrogens is 200 g/mol. The van der Waals surface area contributed by atoms with Gasteiger partial charge in [0, 0.05) is 18.4 Å². The highest BCUT2D eigenvalue weighted by Gasteiger charge is 1.99. The first-order chi connectivity index (χ1) is 6.59. The summed E-state index contributed by atoms with van der Waals surface area (Å²) >= 11 is 5.95. The van der Waals surface area contributed by atoms with Crippen LogP contribution in [0.15, 0.2) is 18.2 Å². The number of ether oxygens (including phenoxy) is 1. The Bertz CT molecular complexity index is 334. The molecule has 0 bridgehead atoms. The summed E-state index contributed by atoms with van der Waals surface area (Å²) < 4.78 is 4.83. The van der Waals surface area contributed by atoms with E-state index in [0.717, 1.165) is 16.1 Å². The highest BCUT2D eigenvalue weighted by molar-refractivity contribution is 6.31. The van der Waals surface area contributed by atoms with E-state index in [1.807, 2.05) is 25.1 Å². The van der Waals surface area contributed by atoms with E-state index in [1.54, 1.807) is 0 Å². The first-order valence-corrected chi connectivity index (χ1v) is 4.86. The van der Waals surface area contributed by atoms with Gasteiger partial charge in [0.2, 0.25) is 0 Å². The highest BCUT2D eigenvalue weighted by atomic mass is 35.5. The molecule has 1 rings (SSSR count). The Balaban J connectivity index is 2.51. The quantitative estimate of drug-likeness (QED) is 0.721. The van der Waals surface area contributed by atoms with Crippen molar-refractivity contribution in [2.75, 3.05) is 6.61 Å². The summed E-state index contributed by atoms with van der Waals surface area (Å²) in [6, 6.07) is 5.86. The Kier molecular flexibility index (Phi) is 3.96. The van der Waals surface area contributed by atoms with Crippen molar-refractivity contribution in [3.8, 4) is 0 Å². The minimum Gasteiger partial charge on any atom is -0.466 e. The molecule has 0 aliphatic carbocycles. The van der Waals surface area contributed by atoms with E-state index in [9.17, 15) is 4.79 Å². The maximum atomic E-state index is 10.5. The molecule has 0 spiro atoms. The molecule has 0 saturated heterocycles. The van der Waals surface area contributed by atoms with E-state index in [0.29, 0.717) is 13.0 Å². The van der Waals surface area contributed by atoms with Crippen LogP contribution in [0, 0.1) is 6.92 Å². The van der Waals surface area contributed by atoms with Crippen LogP contribution in [0.4, 0.5) is 0 Å². The molecule has 1 aromatic rings. The first kappa shape index (κ1) is 11.1. The minimum atomic E-state index is -0.247. The van der Waals surface area contributed by atoms with Crippen molar-refractivity contribution in [1.82, 2.24) is 0 Å². The van der Waals surface area contributed by atoms with Gasteiger partial charge in [-0.15, -0.1) is 0 Å². The lowest BCUT2D eigenvalue weighted by atomic mass is 10.1. The van der Waals surface area contributed by atoms with Crippen molar-refractivity contribution < 1.29 is 9.53 Å². The smallest absolute Gasteiger partial charge is 0.302 e. The SMILES string of the molecule is CC(=O)OCCc1ccc(C)c(Cl)c1. The Labute approximate surface area is 88.8 Å². The fraction of sp³-hybridized carbons (Fsp3) is 0.364. The Hall–Kier alpha value is -1.02. The van der Waals surface area contributed by atoms with Crippen LogP contribution in [0.5, 0.6) is 0 Å². The van der Waals surface area contributed by atoms with Gasteiger partial charge in [0.15, 0.2) is 0 Å².